The number of hydrogen-bond donors (Lipinski definition) is 3. The molecule has 0 saturated heterocycles. The number of rotatable bonds is 7. The summed E-state index contributed by atoms with van der Waals surface area (Å²) in [6.45, 7) is 3.76. The molecule has 1 aliphatic carbocycles. The summed E-state index contributed by atoms with van der Waals surface area (Å²) >= 11 is 0. The van der Waals surface area contributed by atoms with Gasteiger partial charge in [-0.05, 0) is 38.2 Å². The Morgan fingerprint density at radius 2 is 2.08 bits per heavy atom. The quantitative estimate of drug-likeness (QED) is 0.643. The van der Waals surface area contributed by atoms with Gasteiger partial charge >= 0.3 is 5.97 Å². The lowest BCUT2D eigenvalue weighted by molar-refractivity contribution is -0.157. The first kappa shape index (κ1) is 20.4. The zero-order chi connectivity index (χ0) is 19.2. The number of esters is 1. The van der Waals surface area contributed by atoms with Crippen LogP contribution in [-0.4, -0.2) is 34.7 Å². The molecule has 1 saturated carbocycles. The molecule has 1 fully saturated rings. The first-order chi connectivity index (χ1) is 12.4. The van der Waals surface area contributed by atoms with E-state index in [0.29, 0.717) is 25.7 Å². The average Bonchev–Trinajstić information content (AvgIpc) is 2.64. The molecular weight excluding hydrogens is 332 g/mol. The Morgan fingerprint density at radius 1 is 1.38 bits per heavy atom. The second-order valence-corrected chi connectivity index (χ2v) is 7.15. The smallest absolute Gasteiger partial charge is 0.311 e. The molecule has 4 unspecified atom stereocenters. The zero-order valence-corrected chi connectivity index (χ0v) is 15.6. The summed E-state index contributed by atoms with van der Waals surface area (Å²) in [6, 6.07) is 8.93. The summed E-state index contributed by atoms with van der Waals surface area (Å²) in [4.78, 5) is 24.9. The van der Waals surface area contributed by atoms with E-state index in [9.17, 15) is 14.7 Å². The van der Waals surface area contributed by atoms with Crippen molar-refractivity contribution in [2.24, 2.45) is 11.7 Å². The molecule has 1 amide bonds. The molecule has 4 N–H and O–H groups in total. The first-order valence-corrected chi connectivity index (χ1v) is 9.36. The van der Waals surface area contributed by atoms with Crippen LogP contribution >= 0.6 is 0 Å². The lowest BCUT2D eigenvalue weighted by Gasteiger charge is -2.47. The van der Waals surface area contributed by atoms with Gasteiger partial charge in [-0.1, -0.05) is 37.3 Å². The van der Waals surface area contributed by atoms with Gasteiger partial charge in [0.1, 0.15) is 6.61 Å². The predicted molar refractivity (Wildman–Crippen MR) is 99.0 cm³/mol. The Labute approximate surface area is 155 Å². The summed E-state index contributed by atoms with van der Waals surface area (Å²) in [6.07, 6.45) is 1.95. The Bertz CT molecular complexity index is 607. The second kappa shape index (κ2) is 9.14. The number of hydrogen-bond acceptors (Lipinski definition) is 5. The van der Waals surface area contributed by atoms with Gasteiger partial charge < -0.3 is 20.9 Å². The Morgan fingerprint density at radius 3 is 2.73 bits per heavy atom. The molecule has 2 rings (SSSR count). The molecule has 1 aromatic carbocycles. The molecule has 0 aromatic heterocycles. The first-order valence-electron chi connectivity index (χ1n) is 9.36. The number of carbonyl (C=O) groups excluding carboxylic acids is 2. The third-order valence-corrected chi connectivity index (χ3v) is 5.26. The molecule has 0 heterocycles. The average molecular weight is 362 g/mol. The van der Waals surface area contributed by atoms with Crippen molar-refractivity contribution >= 4 is 11.9 Å². The molecule has 1 aliphatic rings. The molecule has 0 spiro atoms. The maximum absolute atomic E-state index is 12.7. The summed E-state index contributed by atoms with van der Waals surface area (Å²) in [7, 11) is 0. The highest BCUT2D eigenvalue weighted by atomic mass is 16.5. The van der Waals surface area contributed by atoms with Crippen molar-refractivity contribution in [1.82, 2.24) is 5.32 Å². The minimum atomic E-state index is -1.09. The van der Waals surface area contributed by atoms with Crippen molar-refractivity contribution in [3.63, 3.8) is 0 Å². The van der Waals surface area contributed by atoms with Gasteiger partial charge in [-0.3, -0.25) is 9.59 Å². The third-order valence-electron chi connectivity index (χ3n) is 5.26. The number of aliphatic hydroxyl groups is 1. The van der Waals surface area contributed by atoms with E-state index in [0.717, 1.165) is 12.0 Å². The Balaban J connectivity index is 2.14. The predicted octanol–water partition coefficient (Wildman–Crippen LogP) is 1.89. The van der Waals surface area contributed by atoms with E-state index >= 15 is 0 Å². The van der Waals surface area contributed by atoms with Crippen LogP contribution in [0.15, 0.2) is 30.3 Å². The monoisotopic (exact) mass is 362 g/mol. The highest BCUT2D eigenvalue weighted by Crippen LogP contribution is 2.35. The van der Waals surface area contributed by atoms with Crippen LogP contribution in [0.4, 0.5) is 0 Å². The summed E-state index contributed by atoms with van der Waals surface area (Å²) in [5, 5.41) is 13.7. The second-order valence-electron chi connectivity index (χ2n) is 7.15. The molecule has 144 valence electrons. The van der Waals surface area contributed by atoms with Gasteiger partial charge in [0, 0.05) is 12.5 Å². The van der Waals surface area contributed by atoms with E-state index in [4.69, 9.17) is 10.5 Å². The topological polar surface area (TPSA) is 102 Å². The van der Waals surface area contributed by atoms with E-state index in [2.05, 4.69) is 5.32 Å². The standard InChI is InChI=1S/C20H30N2O4/c1-3-8-17(23)22-20(12-7-11-16(21)18(20)24)14(2)19(25)26-13-15-9-5-4-6-10-15/h4-6,9-10,14,16,18,24H,3,7-8,11-13,21H2,1-2H3,(H,22,23). The van der Waals surface area contributed by atoms with Gasteiger partial charge in [-0.2, -0.15) is 0 Å². The van der Waals surface area contributed by atoms with E-state index in [1.54, 1.807) is 6.92 Å². The highest BCUT2D eigenvalue weighted by molar-refractivity contribution is 5.80. The van der Waals surface area contributed by atoms with Gasteiger partial charge in [0.25, 0.3) is 0 Å². The van der Waals surface area contributed by atoms with Crippen LogP contribution in [0, 0.1) is 5.92 Å². The van der Waals surface area contributed by atoms with Crippen molar-refractivity contribution in [3.8, 4) is 0 Å². The van der Waals surface area contributed by atoms with Gasteiger partial charge in [0.2, 0.25) is 5.91 Å². The number of nitrogens with one attached hydrogen (secondary N) is 1. The lowest BCUT2D eigenvalue weighted by atomic mass is 9.69. The molecule has 6 nitrogen and oxygen atoms in total. The molecule has 0 bridgehead atoms. The van der Waals surface area contributed by atoms with Gasteiger partial charge in [0.05, 0.1) is 17.6 Å². The van der Waals surface area contributed by atoms with Crippen LogP contribution in [0.5, 0.6) is 0 Å². The van der Waals surface area contributed by atoms with E-state index in [1.165, 1.54) is 0 Å². The number of nitrogens with two attached hydrogens (primary N) is 1. The highest BCUT2D eigenvalue weighted by Gasteiger charge is 2.51. The summed E-state index contributed by atoms with van der Waals surface area (Å²) in [5.41, 5.74) is 5.85. The van der Waals surface area contributed by atoms with Crippen LogP contribution in [0.25, 0.3) is 0 Å². The zero-order valence-electron chi connectivity index (χ0n) is 15.6. The largest absolute Gasteiger partial charge is 0.461 e. The summed E-state index contributed by atoms with van der Waals surface area (Å²) < 4.78 is 5.45. The Hall–Kier alpha value is -1.92. The number of benzene rings is 1. The van der Waals surface area contributed by atoms with E-state index < -0.39 is 29.6 Å². The van der Waals surface area contributed by atoms with E-state index in [1.807, 2.05) is 37.3 Å². The minimum absolute atomic E-state index is 0.158. The number of carbonyl (C=O) groups is 2. The van der Waals surface area contributed by atoms with Crippen LogP contribution in [-0.2, 0) is 20.9 Å². The normalized spacial score (nSPS) is 26.8. The fraction of sp³-hybridized carbons (Fsp3) is 0.600. The molecular formula is C20H30N2O4. The van der Waals surface area contributed by atoms with Gasteiger partial charge in [0.15, 0.2) is 0 Å². The van der Waals surface area contributed by atoms with Crippen LogP contribution in [0.2, 0.25) is 0 Å². The van der Waals surface area contributed by atoms with Crippen molar-refractivity contribution < 1.29 is 19.4 Å². The molecule has 0 aliphatic heterocycles. The van der Waals surface area contributed by atoms with Crippen molar-refractivity contribution in [1.29, 1.82) is 0 Å². The molecule has 6 heteroatoms. The number of amides is 1. The van der Waals surface area contributed by atoms with E-state index in [-0.39, 0.29) is 12.5 Å². The van der Waals surface area contributed by atoms with Crippen molar-refractivity contribution in [2.45, 2.75) is 70.2 Å². The van der Waals surface area contributed by atoms with Crippen molar-refractivity contribution in [2.75, 3.05) is 0 Å². The number of ether oxygens (including phenoxy) is 1. The van der Waals surface area contributed by atoms with Crippen LogP contribution in [0.3, 0.4) is 0 Å². The molecule has 4 atom stereocenters. The molecule has 1 aromatic rings. The number of aliphatic hydroxyl groups excluding tert-OH is 1. The Kier molecular flexibility index (Phi) is 7.17. The fourth-order valence-corrected chi connectivity index (χ4v) is 3.65. The van der Waals surface area contributed by atoms with Crippen LogP contribution < -0.4 is 11.1 Å². The van der Waals surface area contributed by atoms with Gasteiger partial charge in [-0.15, -0.1) is 0 Å². The minimum Gasteiger partial charge on any atom is -0.461 e. The molecule has 0 radical (unpaired) electrons. The lowest BCUT2D eigenvalue weighted by Crippen LogP contribution is -2.68. The van der Waals surface area contributed by atoms with Crippen LogP contribution in [0.1, 0.15) is 51.5 Å². The maximum atomic E-state index is 12.7. The third kappa shape index (κ3) is 4.62. The fourth-order valence-electron chi connectivity index (χ4n) is 3.65. The summed E-state index contributed by atoms with van der Waals surface area (Å²) in [5.74, 6) is -1.32. The van der Waals surface area contributed by atoms with Gasteiger partial charge in [-0.25, -0.2) is 0 Å². The SMILES string of the molecule is CCCC(=O)NC1(C(C)C(=O)OCc2ccccc2)CCCC(N)C1O. The maximum Gasteiger partial charge on any atom is 0.311 e. The van der Waals surface area contributed by atoms with Crippen molar-refractivity contribution in [3.05, 3.63) is 35.9 Å². The molecule has 26 heavy (non-hydrogen) atoms.